The summed E-state index contributed by atoms with van der Waals surface area (Å²) in [6.45, 7) is 5.18. The number of nitrogens with zero attached hydrogens (tertiary/aromatic N) is 3. The summed E-state index contributed by atoms with van der Waals surface area (Å²) in [4.78, 5) is 4.59. The van der Waals surface area contributed by atoms with Crippen molar-refractivity contribution in [1.29, 1.82) is 0 Å². The lowest BCUT2D eigenvalue weighted by Gasteiger charge is -2.43. The molecule has 0 fully saturated rings. The number of hydroxylamine groups is 2. The SMILES string of the molecule is CCCCCCCCc1noc(-c2ccc(C[N+]([O-])(CC)c3cccc4c3CCCC4)cc2)n1. The van der Waals surface area contributed by atoms with E-state index in [4.69, 9.17) is 4.52 Å². The minimum Gasteiger partial charge on any atom is -0.627 e. The van der Waals surface area contributed by atoms with Gasteiger partial charge in [0, 0.05) is 23.1 Å². The van der Waals surface area contributed by atoms with Gasteiger partial charge in [-0.15, -0.1) is 0 Å². The predicted molar refractivity (Wildman–Crippen MR) is 139 cm³/mol. The van der Waals surface area contributed by atoms with Gasteiger partial charge in [-0.3, -0.25) is 0 Å². The van der Waals surface area contributed by atoms with Crippen molar-refractivity contribution in [3.05, 3.63) is 70.2 Å². The van der Waals surface area contributed by atoms with E-state index in [1.165, 1.54) is 56.1 Å². The minimum absolute atomic E-state index is 0.314. The highest BCUT2D eigenvalue weighted by Gasteiger charge is 2.25. The number of aryl methyl sites for hydroxylation is 2. The Balaban J connectivity index is 1.40. The second-order valence-corrected chi connectivity index (χ2v) is 9.72. The molecule has 0 saturated heterocycles. The highest BCUT2D eigenvalue weighted by Crippen LogP contribution is 2.35. The monoisotopic (exact) mass is 461 g/mol. The van der Waals surface area contributed by atoms with Gasteiger partial charge < -0.3 is 14.4 Å². The predicted octanol–water partition coefficient (Wildman–Crippen LogP) is 7.54. The molecule has 1 unspecified atom stereocenters. The van der Waals surface area contributed by atoms with Gasteiger partial charge in [-0.1, -0.05) is 68.4 Å². The van der Waals surface area contributed by atoms with Crippen LogP contribution in [-0.2, 0) is 25.8 Å². The van der Waals surface area contributed by atoms with E-state index in [1.807, 2.05) is 37.3 Å². The number of hydrogen-bond acceptors (Lipinski definition) is 4. The second-order valence-electron chi connectivity index (χ2n) is 9.72. The fourth-order valence-electron chi connectivity index (χ4n) is 5.09. The highest BCUT2D eigenvalue weighted by atomic mass is 16.5. The summed E-state index contributed by atoms with van der Waals surface area (Å²) >= 11 is 0. The van der Waals surface area contributed by atoms with Crippen molar-refractivity contribution in [2.75, 3.05) is 6.54 Å². The normalized spacial score (nSPS) is 15.1. The number of unbranched alkanes of at least 4 members (excludes halogenated alkanes) is 5. The molecule has 0 radical (unpaired) electrons. The van der Waals surface area contributed by atoms with Gasteiger partial charge in [-0.25, -0.2) is 0 Å². The Morgan fingerprint density at radius 3 is 2.47 bits per heavy atom. The van der Waals surface area contributed by atoms with E-state index in [1.54, 1.807) is 0 Å². The third kappa shape index (κ3) is 5.94. The van der Waals surface area contributed by atoms with Crippen LogP contribution in [0.1, 0.15) is 87.7 Å². The molecule has 1 heterocycles. The van der Waals surface area contributed by atoms with Crippen LogP contribution in [0.15, 0.2) is 47.0 Å². The largest absolute Gasteiger partial charge is 0.627 e. The Kier molecular flexibility index (Phi) is 8.52. The smallest absolute Gasteiger partial charge is 0.257 e. The summed E-state index contributed by atoms with van der Waals surface area (Å²) < 4.78 is 5.20. The van der Waals surface area contributed by atoms with Crippen molar-refractivity contribution in [1.82, 2.24) is 14.8 Å². The van der Waals surface area contributed by atoms with Crippen LogP contribution < -0.4 is 4.65 Å². The van der Waals surface area contributed by atoms with E-state index in [-0.39, 0.29) is 4.65 Å². The molecule has 1 aliphatic rings. The molecule has 2 aromatic carbocycles. The lowest BCUT2D eigenvalue weighted by atomic mass is 9.90. The second kappa shape index (κ2) is 11.8. The molecule has 182 valence electrons. The van der Waals surface area contributed by atoms with Crippen LogP contribution in [-0.4, -0.2) is 16.7 Å². The van der Waals surface area contributed by atoms with Crippen LogP contribution in [0.3, 0.4) is 0 Å². The Morgan fingerprint density at radius 1 is 0.912 bits per heavy atom. The molecule has 1 atom stereocenters. The fourth-order valence-corrected chi connectivity index (χ4v) is 5.09. The van der Waals surface area contributed by atoms with Gasteiger partial charge in [0.1, 0.15) is 12.2 Å². The molecule has 0 N–H and O–H groups in total. The molecule has 0 spiro atoms. The first-order valence-electron chi connectivity index (χ1n) is 13.2. The number of rotatable bonds is 12. The molecule has 4 rings (SSSR count). The van der Waals surface area contributed by atoms with Crippen LogP contribution in [0.2, 0.25) is 0 Å². The van der Waals surface area contributed by atoms with Gasteiger partial charge in [0.2, 0.25) is 0 Å². The first-order chi connectivity index (χ1) is 16.6. The molecule has 5 heteroatoms. The molecule has 1 aromatic heterocycles. The van der Waals surface area contributed by atoms with Gasteiger partial charge in [-0.2, -0.15) is 4.98 Å². The van der Waals surface area contributed by atoms with E-state index in [0.29, 0.717) is 19.0 Å². The van der Waals surface area contributed by atoms with E-state index < -0.39 is 0 Å². The standard InChI is InChI=1S/C29H39N3O2/c1-3-5-6-7-8-9-17-28-30-29(34-31-28)25-20-18-23(19-21-25)22-32(33,4-2)27-16-12-14-24-13-10-11-15-26(24)27/h12,14,16,18-21H,3-11,13,15,17,22H2,1-2H3. The van der Waals surface area contributed by atoms with E-state index >= 15 is 0 Å². The third-order valence-corrected chi connectivity index (χ3v) is 7.18. The quantitative estimate of drug-likeness (QED) is 0.159. The fraction of sp³-hybridized carbons (Fsp3) is 0.517. The number of hydrogen-bond donors (Lipinski definition) is 0. The van der Waals surface area contributed by atoms with Gasteiger partial charge in [0.15, 0.2) is 5.82 Å². The number of quaternary nitrogens is 1. The molecule has 34 heavy (non-hydrogen) atoms. The first kappa shape index (κ1) is 24.6. The maximum absolute atomic E-state index is 14.0. The van der Waals surface area contributed by atoms with Gasteiger partial charge >= 0.3 is 0 Å². The van der Waals surface area contributed by atoms with Crippen molar-refractivity contribution in [2.45, 2.75) is 91.0 Å². The molecular weight excluding hydrogens is 422 g/mol. The average Bonchev–Trinajstić information content (AvgIpc) is 3.35. The molecule has 0 amide bonds. The number of aromatic nitrogens is 2. The Morgan fingerprint density at radius 2 is 1.68 bits per heavy atom. The van der Waals surface area contributed by atoms with Gasteiger partial charge in [0.25, 0.3) is 5.89 Å². The number of benzene rings is 2. The molecule has 0 bridgehead atoms. The maximum Gasteiger partial charge on any atom is 0.257 e. The highest BCUT2D eigenvalue weighted by molar-refractivity contribution is 5.57. The summed E-state index contributed by atoms with van der Waals surface area (Å²) in [5.41, 5.74) is 5.52. The van der Waals surface area contributed by atoms with Gasteiger partial charge in [-0.05, 0) is 62.8 Å². The molecule has 1 aliphatic carbocycles. The third-order valence-electron chi connectivity index (χ3n) is 7.18. The van der Waals surface area contributed by atoms with Crippen LogP contribution >= 0.6 is 0 Å². The Bertz CT molecular complexity index is 1040. The average molecular weight is 462 g/mol. The summed E-state index contributed by atoms with van der Waals surface area (Å²) in [5, 5.41) is 18.1. The summed E-state index contributed by atoms with van der Waals surface area (Å²) in [5.74, 6) is 1.34. The molecule has 5 nitrogen and oxygen atoms in total. The van der Waals surface area contributed by atoms with Crippen molar-refractivity contribution in [2.24, 2.45) is 0 Å². The van der Waals surface area contributed by atoms with Crippen LogP contribution in [0.5, 0.6) is 0 Å². The zero-order valence-electron chi connectivity index (χ0n) is 20.9. The molecule has 0 aliphatic heterocycles. The molecule has 0 saturated carbocycles. The van der Waals surface area contributed by atoms with Crippen molar-refractivity contribution in [3.63, 3.8) is 0 Å². The Hall–Kier alpha value is -2.50. The zero-order chi connectivity index (χ0) is 23.8. The zero-order valence-corrected chi connectivity index (χ0v) is 20.9. The Labute approximate surface area is 204 Å². The van der Waals surface area contributed by atoms with Crippen LogP contribution in [0.4, 0.5) is 5.69 Å². The van der Waals surface area contributed by atoms with E-state index in [9.17, 15) is 5.21 Å². The van der Waals surface area contributed by atoms with Crippen molar-refractivity contribution >= 4 is 5.69 Å². The lowest BCUT2D eigenvalue weighted by Crippen LogP contribution is -2.43. The molecule has 3 aromatic rings. The van der Waals surface area contributed by atoms with E-state index in [2.05, 4.69) is 29.2 Å². The van der Waals surface area contributed by atoms with Crippen LogP contribution in [0.25, 0.3) is 11.5 Å². The summed E-state index contributed by atoms with van der Waals surface area (Å²) in [6.07, 6.45) is 12.9. The minimum atomic E-state index is -0.314. The summed E-state index contributed by atoms with van der Waals surface area (Å²) in [7, 11) is 0. The lowest BCUT2D eigenvalue weighted by molar-refractivity contribution is 0.378. The van der Waals surface area contributed by atoms with Crippen molar-refractivity contribution in [3.8, 4) is 11.5 Å². The maximum atomic E-state index is 14.0. The first-order valence-corrected chi connectivity index (χ1v) is 13.2. The van der Waals surface area contributed by atoms with E-state index in [0.717, 1.165) is 48.3 Å². The number of fused-ring (bicyclic) bond motifs is 1. The topological polar surface area (TPSA) is 62.0 Å². The van der Waals surface area contributed by atoms with Crippen molar-refractivity contribution < 1.29 is 4.52 Å². The van der Waals surface area contributed by atoms with Crippen LogP contribution in [0, 0.1) is 5.21 Å². The van der Waals surface area contributed by atoms with Gasteiger partial charge in [0.05, 0.1) is 6.54 Å². The molecular formula is C29H39N3O2. The summed E-state index contributed by atoms with van der Waals surface area (Å²) in [6, 6.07) is 14.3.